The largest absolute Gasteiger partial charge is 0.317 e. The predicted octanol–water partition coefficient (Wildman–Crippen LogP) is 0.0629. The van der Waals surface area contributed by atoms with Gasteiger partial charge in [0.1, 0.15) is 11.2 Å². The van der Waals surface area contributed by atoms with Crippen LogP contribution in [0.25, 0.3) is 0 Å². The van der Waals surface area contributed by atoms with Crippen LogP contribution in [0.5, 0.6) is 0 Å². The summed E-state index contributed by atoms with van der Waals surface area (Å²) in [4.78, 5) is 17.6. The van der Waals surface area contributed by atoms with E-state index in [4.69, 9.17) is 0 Å². The molecule has 19 heavy (non-hydrogen) atoms. The maximum Gasteiger partial charge on any atom is 0.294 e. The molecule has 0 bridgehead atoms. The van der Waals surface area contributed by atoms with Gasteiger partial charge in [-0.15, -0.1) is 5.10 Å². The first kappa shape index (κ1) is 14.3. The molecule has 9 heteroatoms. The fourth-order valence-electron chi connectivity index (χ4n) is 1.87. The molecule has 0 spiro atoms. The van der Waals surface area contributed by atoms with Crippen LogP contribution in [0.4, 0.5) is 0 Å². The van der Waals surface area contributed by atoms with Gasteiger partial charge in [0.15, 0.2) is 9.84 Å². The highest BCUT2D eigenvalue weighted by atomic mass is 32.2. The Morgan fingerprint density at radius 2 is 2.32 bits per heavy atom. The lowest BCUT2D eigenvalue weighted by atomic mass is 10.4. The van der Waals surface area contributed by atoms with Crippen molar-refractivity contribution >= 4 is 27.5 Å². The molecule has 1 saturated heterocycles. The van der Waals surface area contributed by atoms with Crippen LogP contribution in [0.3, 0.4) is 0 Å². The van der Waals surface area contributed by atoms with Crippen LogP contribution in [0.15, 0.2) is 0 Å². The molecule has 1 N–H and O–H groups in total. The van der Waals surface area contributed by atoms with Crippen molar-refractivity contribution in [1.29, 1.82) is 0 Å². The lowest BCUT2D eigenvalue weighted by Crippen LogP contribution is -2.50. The van der Waals surface area contributed by atoms with Gasteiger partial charge < -0.3 is 4.90 Å². The number of hydrogen-bond donors (Lipinski definition) is 1. The monoisotopic (exact) mass is 304 g/mol. The molecule has 1 fully saturated rings. The molecule has 1 amide bonds. The summed E-state index contributed by atoms with van der Waals surface area (Å²) in [7, 11) is -3.30. The third-order valence-electron chi connectivity index (χ3n) is 2.95. The van der Waals surface area contributed by atoms with Gasteiger partial charge in [0.05, 0.1) is 0 Å². The SMILES string of the molecule is CCS(=O)(=O)C1CSCCN1C(=O)c1n[nH]c(C)n1. The van der Waals surface area contributed by atoms with Gasteiger partial charge in [-0.05, 0) is 6.92 Å². The number of aromatic amines is 1. The van der Waals surface area contributed by atoms with Crippen molar-refractivity contribution < 1.29 is 13.2 Å². The zero-order valence-corrected chi connectivity index (χ0v) is 12.4. The van der Waals surface area contributed by atoms with E-state index in [1.165, 1.54) is 4.90 Å². The van der Waals surface area contributed by atoms with Crippen molar-refractivity contribution in [3.05, 3.63) is 11.6 Å². The average Bonchev–Trinajstić information content (AvgIpc) is 2.84. The van der Waals surface area contributed by atoms with Gasteiger partial charge in [0.25, 0.3) is 5.91 Å². The molecule has 1 aliphatic rings. The van der Waals surface area contributed by atoms with E-state index in [1.54, 1.807) is 25.6 Å². The minimum absolute atomic E-state index is 0.0228. The Hall–Kier alpha value is -1.09. The molecular weight excluding hydrogens is 288 g/mol. The summed E-state index contributed by atoms with van der Waals surface area (Å²) < 4.78 is 24.1. The van der Waals surface area contributed by atoms with Crippen LogP contribution in [0, 0.1) is 6.92 Å². The minimum atomic E-state index is -3.30. The molecule has 0 aliphatic carbocycles. The number of rotatable bonds is 3. The van der Waals surface area contributed by atoms with E-state index in [1.807, 2.05) is 0 Å². The molecule has 0 saturated carbocycles. The standard InChI is InChI=1S/C10H16N4O3S2/c1-3-19(16,17)8-6-18-5-4-14(8)10(15)9-11-7(2)12-13-9/h8H,3-6H2,1-2H3,(H,11,12,13). The number of aromatic nitrogens is 3. The number of aryl methyl sites for hydroxylation is 1. The van der Waals surface area contributed by atoms with Gasteiger partial charge >= 0.3 is 0 Å². The Labute approximate surface area is 116 Å². The number of thioether (sulfide) groups is 1. The molecule has 2 heterocycles. The first-order valence-corrected chi connectivity index (χ1v) is 8.82. The van der Waals surface area contributed by atoms with Crippen molar-refractivity contribution in [1.82, 2.24) is 20.1 Å². The highest BCUT2D eigenvalue weighted by Crippen LogP contribution is 2.22. The lowest BCUT2D eigenvalue weighted by molar-refractivity contribution is 0.0737. The summed E-state index contributed by atoms with van der Waals surface area (Å²) in [5, 5.41) is 5.62. The molecule has 0 aromatic carbocycles. The molecule has 1 aliphatic heterocycles. The number of nitrogens with one attached hydrogen (secondary N) is 1. The normalized spacial score (nSPS) is 20.5. The van der Waals surface area contributed by atoms with Crippen LogP contribution in [-0.4, -0.2) is 63.6 Å². The third kappa shape index (κ3) is 2.92. The number of carbonyl (C=O) groups excluding carboxylic acids is 1. The Morgan fingerprint density at radius 3 is 2.89 bits per heavy atom. The highest BCUT2D eigenvalue weighted by Gasteiger charge is 2.37. The molecule has 7 nitrogen and oxygen atoms in total. The van der Waals surface area contributed by atoms with E-state index in [9.17, 15) is 13.2 Å². The zero-order valence-electron chi connectivity index (χ0n) is 10.8. The van der Waals surface area contributed by atoms with Gasteiger partial charge in [-0.2, -0.15) is 11.8 Å². The molecule has 106 valence electrons. The first-order chi connectivity index (χ1) is 8.95. The Morgan fingerprint density at radius 1 is 1.58 bits per heavy atom. The summed E-state index contributed by atoms with van der Waals surface area (Å²) in [5.41, 5.74) is 0. The van der Waals surface area contributed by atoms with Gasteiger partial charge in [-0.25, -0.2) is 13.4 Å². The number of hydrogen-bond acceptors (Lipinski definition) is 6. The molecule has 0 radical (unpaired) electrons. The van der Waals surface area contributed by atoms with Crippen molar-refractivity contribution in [3.63, 3.8) is 0 Å². The van der Waals surface area contributed by atoms with Crippen LogP contribution >= 0.6 is 11.8 Å². The van der Waals surface area contributed by atoms with E-state index in [0.717, 1.165) is 5.75 Å². The van der Waals surface area contributed by atoms with E-state index >= 15 is 0 Å². The molecule has 1 atom stereocenters. The molecule has 1 aromatic heterocycles. The molecule has 1 aromatic rings. The van der Waals surface area contributed by atoms with Crippen molar-refractivity contribution in [3.8, 4) is 0 Å². The second-order valence-corrected chi connectivity index (χ2v) is 7.82. The van der Waals surface area contributed by atoms with Crippen molar-refractivity contribution in [2.75, 3.05) is 23.8 Å². The van der Waals surface area contributed by atoms with Crippen molar-refractivity contribution in [2.24, 2.45) is 0 Å². The second kappa shape index (κ2) is 5.49. The summed E-state index contributed by atoms with van der Waals surface area (Å²) in [6, 6.07) is 0. The number of sulfone groups is 1. The second-order valence-electron chi connectivity index (χ2n) is 4.22. The average molecular weight is 304 g/mol. The lowest BCUT2D eigenvalue weighted by Gasteiger charge is -2.33. The Bertz CT molecular complexity index is 569. The van der Waals surface area contributed by atoms with Crippen molar-refractivity contribution in [2.45, 2.75) is 19.2 Å². The van der Waals surface area contributed by atoms with Crippen LogP contribution in [-0.2, 0) is 9.84 Å². The van der Waals surface area contributed by atoms with Gasteiger partial charge in [0.2, 0.25) is 5.82 Å². The smallest absolute Gasteiger partial charge is 0.294 e. The van der Waals surface area contributed by atoms with Gasteiger partial charge in [-0.3, -0.25) is 9.89 Å². The van der Waals surface area contributed by atoms with Gasteiger partial charge in [-0.1, -0.05) is 6.92 Å². The van der Waals surface area contributed by atoms with E-state index in [2.05, 4.69) is 15.2 Å². The van der Waals surface area contributed by atoms with Crippen LogP contribution < -0.4 is 0 Å². The summed E-state index contributed by atoms with van der Waals surface area (Å²) in [6.45, 7) is 3.69. The topological polar surface area (TPSA) is 96.0 Å². The Balaban J connectivity index is 2.27. The van der Waals surface area contributed by atoms with E-state index in [-0.39, 0.29) is 11.6 Å². The summed E-state index contributed by atoms with van der Waals surface area (Å²) in [5.74, 6) is 1.29. The third-order valence-corrected chi connectivity index (χ3v) is 6.24. The summed E-state index contributed by atoms with van der Waals surface area (Å²) in [6.07, 6.45) is 0. The number of carbonyl (C=O) groups is 1. The highest BCUT2D eigenvalue weighted by molar-refractivity contribution is 8.01. The minimum Gasteiger partial charge on any atom is -0.317 e. The quantitative estimate of drug-likeness (QED) is 0.848. The molecule has 1 unspecified atom stereocenters. The van der Waals surface area contributed by atoms with E-state index < -0.39 is 21.1 Å². The maximum absolute atomic E-state index is 12.3. The van der Waals surface area contributed by atoms with Crippen LogP contribution in [0.2, 0.25) is 0 Å². The predicted molar refractivity (Wildman–Crippen MR) is 72.7 cm³/mol. The first-order valence-electron chi connectivity index (χ1n) is 5.95. The van der Waals surface area contributed by atoms with E-state index in [0.29, 0.717) is 18.1 Å². The van der Waals surface area contributed by atoms with Crippen LogP contribution in [0.1, 0.15) is 23.4 Å². The molecular formula is C10H16N4O3S2. The Kier molecular flexibility index (Phi) is 4.14. The number of amides is 1. The zero-order chi connectivity index (χ0) is 14.0. The number of nitrogens with zero attached hydrogens (tertiary/aromatic N) is 3. The molecule has 2 rings (SSSR count). The maximum atomic E-state index is 12.3. The fourth-order valence-corrected chi connectivity index (χ4v) is 4.84. The summed E-state index contributed by atoms with van der Waals surface area (Å²) >= 11 is 1.55. The number of H-pyrrole nitrogens is 1. The fraction of sp³-hybridized carbons (Fsp3) is 0.700. The van der Waals surface area contributed by atoms with Gasteiger partial charge in [0, 0.05) is 23.8 Å².